The molecular weight excluding hydrogens is 509 g/mol. The predicted molar refractivity (Wildman–Crippen MR) is 140 cm³/mol. The van der Waals surface area contributed by atoms with Gasteiger partial charge in [0.1, 0.15) is 11.5 Å². The summed E-state index contributed by atoms with van der Waals surface area (Å²) in [5.41, 5.74) is 1.63. The van der Waals surface area contributed by atoms with E-state index in [1.807, 2.05) is 12.1 Å². The van der Waals surface area contributed by atoms with Crippen molar-refractivity contribution in [1.29, 1.82) is 0 Å². The maximum absolute atomic E-state index is 13.3. The van der Waals surface area contributed by atoms with Gasteiger partial charge >= 0.3 is 0 Å². The zero-order valence-electron chi connectivity index (χ0n) is 19.1. The highest BCUT2D eigenvalue weighted by Gasteiger charge is 2.47. The molecule has 180 valence electrons. The van der Waals surface area contributed by atoms with Crippen molar-refractivity contribution in [1.82, 2.24) is 0 Å². The molecule has 35 heavy (non-hydrogen) atoms. The van der Waals surface area contributed by atoms with Crippen LogP contribution in [0, 0.1) is 0 Å². The SMILES string of the molecule is CC(C)(C)c1ccc(C2/C(=C(\O)c3ccc(Cl)c(Cl)c3)C(=O)C(=O)N2c2cc(Cl)ccc2O)cc1. The molecule has 1 saturated heterocycles. The second-order valence-corrected chi connectivity index (χ2v) is 10.6. The van der Waals surface area contributed by atoms with Crippen molar-refractivity contribution >= 4 is 57.9 Å². The number of nitrogens with zero attached hydrogens (tertiary/aromatic N) is 1. The van der Waals surface area contributed by atoms with Crippen LogP contribution in [0.1, 0.15) is 43.5 Å². The number of phenols is 1. The van der Waals surface area contributed by atoms with E-state index in [4.69, 9.17) is 34.8 Å². The van der Waals surface area contributed by atoms with Gasteiger partial charge in [-0.2, -0.15) is 0 Å². The van der Waals surface area contributed by atoms with Crippen LogP contribution in [-0.4, -0.2) is 21.9 Å². The Bertz CT molecular complexity index is 1370. The van der Waals surface area contributed by atoms with Crippen LogP contribution in [-0.2, 0) is 15.0 Å². The molecule has 0 aliphatic carbocycles. The second-order valence-electron chi connectivity index (χ2n) is 9.30. The van der Waals surface area contributed by atoms with Crippen molar-refractivity contribution in [3.8, 4) is 5.75 Å². The first-order valence-electron chi connectivity index (χ1n) is 10.8. The number of hydrogen-bond donors (Lipinski definition) is 2. The Morgan fingerprint density at radius 2 is 1.54 bits per heavy atom. The summed E-state index contributed by atoms with van der Waals surface area (Å²) in [5.74, 6) is -2.45. The van der Waals surface area contributed by atoms with Gasteiger partial charge in [-0.1, -0.05) is 79.8 Å². The Morgan fingerprint density at radius 3 is 2.14 bits per heavy atom. The maximum Gasteiger partial charge on any atom is 0.300 e. The summed E-state index contributed by atoms with van der Waals surface area (Å²) < 4.78 is 0. The zero-order valence-corrected chi connectivity index (χ0v) is 21.4. The van der Waals surface area contributed by atoms with E-state index < -0.39 is 23.5 Å². The van der Waals surface area contributed by atoms with Crippen LogP contribution < -0.4 is 4.90 Å². The quantitative estimate of drug-likeness (QED) is 0.212. The van der Waals surface area contributed by atoms with Gasteiger partial charge in [0.05, 0.1) is 27.3 Å². The van der Waals surface area contributed by atoms with E-state index in [1.165, 1.54) is 36.4 Å². The van der Waals surface area contributed by atoms with E-state index in [0.717, 1.165) is 10.5 Å². The molecule has 1 fully saturated rings. The third-order valence-electron chi connectivity index (χ3n) is 5.93. The Labute approximate surface area is 218 Å². The molecule has 3 aromatic carbocycles. The van der Waals surface area contributed by atoms with Crippen molar-refractivity contribution in [2.75, 3.05) is 4.90 Å². The van der Waals surface area contributed by atoms with Gasteiger partial charge in [-0.3, -0.25) is 14.5 Å². The largest absolute Gasteiger partial charge is 0.507 e. The highest BCUT2D eigenvalue weighted by atomic mass is 35.5. The lowest BCUT2D eigenvalue weighted by Gasteiger charge is -2.27. The van der Waals surface area contributed by atoms with Crippen LogP contribution in [0.2, 0.25) is 15.1 Å². The van der Waals surface area contributed by atoms with E-state index in [1.54, 1.807) is 12.1 Å². The van der Waals surface area contributed by atoms with Crippen molar-refractivity contribution in [3.63, 3.8) is 0 Å². The summed E-state index contributed by atoms with van der Waals surface area (Å²) in [6.07, 6.45) is 0. The fraction of sp³-hybridized carbons (Fsp3) is 0.185. The number of rotatable bonds is 3. The number of anilines is 1. The van der Waals surface area contributed by atoms with Gasteiger partial charge in [-0.15, -0.1) is 0 Å². The average molecular weight is 531 g/mol. The zero-order chi connectivity index (χ0) is 25.7. The summed E-state index contributed by atoms with van der Waals surface area (Å²) >= 11 is 18.3. The van der Waals surface area contributed by atoms with Crippen LogP contribution in [0.3, 0.4) is 0 Å². The van der Waals surface area contributed by atoms with Crippen molar-refractivity contribution < 1.29 is 19.8 Å². The average Bonchev–Trinajstić information content (AvgIpc) is 3.06. The number of halogens is 3. The molecule has 0 bridgehead atoms. The number of benzene rings is 3. The topological polar surface area (TPSA) is 77.8 Å². The van der Waals surface area contributed by atoms with Crippen LogP contribution in [0.5, 0.6) is 5.75 Å². The minimum atomic E-state index is -1.03. The number of aliphatic hydroxyl groups excluding tert-OH is 1. The number of Topliss-reactive ketones (excluding diaryl/α,β-unsaturated/α-hetero) is 1. The minimum absolute atomic E-state index is 0.0534. The number of ketones is 1. The molecule has 0 radical (unpaired) electrons. The molecule has 1 amide bonds. The Balaban J connectivity index is 1.97. The van der Waals surface area contributed by atoms with Crippen LogP contribution in [0.25, 0.3) is 5.76 Å². The predicted octanol–water partition coefficient (Wildman–Crippen LogP) is 7.28. The van der Waals surface area contributed by atoms with Gasteiger partial charge in [-0.05, 0) is 52.9 Å². The van der Waals surface area contributed by atoms with Crippen LogP contribution >= 0.6 is 34.8 Å². The number of carbonyl (C=O) groups excluding carboxylic acids is 2. The van der Waals surface area contributed by atoms with Gasteiger partial charge in [0.2, 0.25) is 0 Å². The van der Waals surface area contributed by atoms with E-state index in [9.17, 15) is 19.8 Å². The monoisotopic (exact) mass is 529 g/mol. The Morgan fingerprint density at radius 1 is 0.886 bits per heavy atom. The molecule has 1 aliphatic rings. The second kappa shape index (κ2) is 9.23. The summed E-state index contributed by atoms with van der Waals surface area (Å²) in [7, 11) is 0. The van der Waals surface area contributed by atoms with Crippen molar-refractivity contribution in [3.05, 3.63) is 98.0 Å². The molecular formula is C27H22Cl3NO4. The first kappa shape index (κ1) is 25.1. The minimum Gasteiger partial charge on any atom is -0.507 e. The molecule has 1 heterocycles. The maximum atomic E-state index is 13.3. The molecule has 0 aromatic heterocycles. The van der Waals surface area contributed by atoms with Gasteiger partial charge in [0.25, 0.3) is 11.7 Å². The first-order chi connectivity index (χ1) is 16.4. The van der Waals surface area contributed by atoms with Gasteiger partial charge in [-0.25, -0.2) is 0 Å². The Kier molecular flexibility index (Phi) is 6.62. The molecule has 5 nitrogen and oxygen atoms in total. The number of aliphatic hydroxyl groups is 1. The highest BCUT2D eigenvalue weighted by molar-refractivity contribution is 6.52. The molecule has 8 heteroatoms. The fourth-order valence-electron chi connectivity index (χ4n) is 4.05. The van der Waals surface area contributed by atoms with Crippen molar-refractivity contribution in [2.45, 2.75) is 32.2 Å². The summed E-state index contributed by atoms with van der Waals surface area (Å²) in [5, 5.41) is 22.5. The van der Waals surface area contributed by atoms with E-state index in [-0.39, 0.29) is 43.1 Å². The van der Waals surface area contributed by atoms with E-state index in [0.29, 0.717) is 5.56 Å². The normalized spacial score (nSPS) is 17.8. The summed E-state index contributed by atoms with van der Waals surface area (Å²) in [6, 6.07) is 15.0. The number of amides is 1. The van der Waals surface area contributed by atoms with Gasteiger partial charge in [0.15, 0.2) is 0 Å². The molecule has 0 spiro atoms. The summed E-state index contributed by atoms with van der Waals surface area (Å²) in [4.78, 5) is 27.7. The van der Waals surface area contributed by atoms with Gasteiger partial charge in [0, 0.05) is 10.6 Å². The number of aromatic hydroxyl groups is 1. The Hall–Kier alpha value is -2.99. The third kappa shape index (κ3) is 4.64. The molecule has 4 rings (SSSR count). The standard InChI is InChI=1S/C27H22Cl3NO4/c1-27(2,3)16-7-4-14(5-8-16)23-22(24(33)15-6-10-18(29)19(30)12-15)25(34)26(35)31(23)20-13-17(28)9-11-21(20)32/h4-13,23,32-33H,1-3H3/b24-22+. The van der Waals surface area contributed by atoms with E-state index in [2.05, 4.69) is 20.8 Å². The fourth-order valence-corrected chi connectivity index (χ4v) is 4.51. The molecule has 1 aliphatic heterocycles. The lowest BCUT2D eigenvalue weighted by Crippen LogP contribution is -2.29. The number of phenolic OH excluding ortho intramolecular Hbond substituents is 1. The molecule has 3 aromatic rings. The lowest BCUT2D eigenvalue weighted by molar-refractivity contribution is -0.132. The number of hydrogen-bond acceptors (Lipinski definition) is 4. The van der Waals surface area contributed by atoms with Crippen molar-refractivity contribution in [2.24, 2.45) is 0 Å². The van der Waals surface area contributed by atoms with Gasteiger partial charge < -0.3 is 10.2 Å². The van der Waals surface area contributed by atoms with Crippen LogP contribution in [0.15, 0.2) is 66.2 Å². The first-order valence-corrected chi connectivity index (χ1v) is 11.9. The molecule has 2 N–H and O–H groups in total. The third-order valence-corrected chi connectivity index (χ3v) is 6.90. The number of carbonyl (C=O) groups is 2. The molecule has 0 saturated carbocycles. The van der Waals surface area contributed by atoms with Crippen LogP contribution in [0.4, 0.5) is 5.69 Å². The molecule has 1 unspecified atom stereocenters. The smallest absolute Gasteiger partial charge is 0.300 e. The highest BCUT2D eigenvalue weighted by Crippen LogP contribution is 2.46. The molecule has 1 atom stereocenters. The lowest BCUT2D eigenvalue weighted by atomic mass is 9.85. The summed E-state index contributed by atoms with van der Waals surface area (Å²) in [6.45, 7) is 6.22. The van der Waals surface area contributed by atoms with E-state index >= 15 is 0 Å².